The number of pyridine rings is 1. The van der Waals surface area contributed by atoms with Crippen LogP contribution in [0.25, 0.3) is 16.9 Å². The predicted octanol–water partition coefficient (Wildman–Crippen LogP) is 2.76. The van der Waals surface area contributed by atoms with Gasteiger partial charge < -0.3 is 4.55 Å². The van der Waals surface area contributed by atoms with Crippen LogP contribution in [0, 0.1) is 12.7 Å². The van der Waals surface area contributed by atoms with Gasteiger partial charge in [-0.15, -0.1) is 0 Å². The molecule has 1 aromatic carbocycles. The first kappa shape index (κ1) is 15.5. The number of hydrogen-bond acceptors (Lipinski definition) is 4. The Labute approximate surface area is 135 Å². The molecule has 0 amide bonds. The van der Waals surface area contributed by atoms with Gasteiger partial charge in [0.2, 0.25) is 0 Å². The van der Waals surface area contributed by atoms with Crippen LogP contribution >= 0.6 is 0 Å². The fourth-order valence-electron chi connectivity index (χ4n) is 2.23. The highest BCUT2D eigenvalue weighted by molar-refractivity contribution is 7.78. The van der Waals surface area contributed by atoms with Crippen molar-refractivity contribution in [1.82, 2.24) is 14.5 Å². The Balaban J connectivity index is 1.97. The number of aryl methyl sites for hydroxylation is 1. The third kappa shape index (κ3) is 3.35. The quantitative estimate of drug-likeness (QED) is 0.690. The zero-order valence-electron chi connectivity index (χ0n) is 12.3. The molecule has 0 bridgehead atoms. The molecule has 1 atom stereocenters. The Morgan fingerprint density at radius 2 is 2.09 bits per heavy atom. The lowest BCUT2D eigenvalue weighted by Gasteiger charge is -2.10. The van der Waals surface area contributed by atoms with E-state index in [1.165, 1.54) is 6.07 Å². The lowest BCUT2D eigenvalue weighted by molar-refractivity contribution is 0.535. The summed E-state index contributed by atoms with van der Waals surface area (Å²) in [6.45, 7) is 1.71. The van der Waals surface area contributed by atoms with Gasteiger partial charge in [0, 0.05) is 5.56 Å². The van der Waals surface area contributed by atoms with Gasteiger partial charge in [-0.25, -0.2) is 9.37 Å². The Morgan fingerprint density at radius 1 is 1.26 bits per heavy atom. The molecule has 0 saturated carbocycles. The summed E-state index contributed by atoms with van der Waals surface area (Å²) in [7, 11) is 0. The van der Waals surface area contributed by atoms with Gasteiger partial charge in [0.15, 0.2) is 0 Å². The van der Waals surface area contributed by atoms with E-state index in [0.29, 0.717) is 16.8 Å². The van der Waals surface area contributed by atoms with Crippen LogP contribution in [0.2, 0.25) is 0 Å². The van der Waals surface area contributed by atoms with E-state index < -0.39 is 11.1 Å². The molecule has 7 heteroatoms. The molecule has 0 radical (unpaired) electrons. The summed E-state index contributed by atoms with van der Waals surface area (Å²) in [5.74, 6) is -0.401. The molecule has 0 fully saturated rings. The van der Waals surface area contributed by atoms with Crippen molar-refractivity contribution >= 4 is 11.1 Å². The Hall–Kier alpha value is -2.38. The van der Waals surface area contributed by atoms with Gasteiger partial charge in [0.1, 0.15) is 5.82 Å². The largest absolute Gasteiger partial charge is 0.772 e. The third-order valence-corrected chi connectivity index (χ3v) is 3.99. The van der Waals surface area contributed by atoms with Crippen LogP contribution in [0.5, 0.6) is 0 Å². The molecule has 1 unspecified atom stereocenters. The number of aromatic nitrogens is 3. The van der Waals surface area contributed by atoms with Crippen LogP contribution in [-0.4, -0.2) is 23.3 Å². The van der Waals surface area contributed by atoms with Crippen molar-refractivity contribution in [3.05, 3.63) is 66.1 Å². The number of imidazole rings is 1. The van der Waals surface area contributed by atoms with E-state index in [1.54, 1.807) is 48.4 Å². The fourth-order valence-corrected chi connectivity index (χ4v) is 2.64. The molecule has 0 aliphatic heterocycles. The van der Waals surface area contributed by atoms with Gasteiger partial charge in [0.05, 0.1) is 41.5 Å². The van der Waals surface area contributed by atoms with Crippen molar-refractivity contribution in [1.29, 1.82) is 0 Å². The second-order valence-electron chi connectivity index (χ2n) is 5.07. The zero-order valence-corrected chi connectivity index (χ0v) is 13.1. The van der Waals surface area contributed by atoms with E-state index in [-0.39, 0.29) is 11.6 Å². The van der Waals surface area contributed by atoms with E-state index in [0.717, 1.165) is 11.4 Å². The Kier molecular flexibility index (Phi) is 4.31. The number of hydrogen-bond donors (Lipinski definition) is 0. The van der Waals surface area contributed by atoms with E-state index in [9.17, 15) is 13.2 Å². The fraction of sp³-hybridized carbons (Fsp3) is 0.125. The SMILES string of the molecule is Cc1ccc(-c2cncn2-c2ccc(CS(=O)[O-])nc2)cc1F. The monoisotopic (exact) mass is 330 g/mol. The Bertz CT molecular complexity index is 862. The predicted molar refractivity (Wildman–Crippen MR) is 84.1 cm³/mol. The molecular formula is C16H13FN3O2S-. The minimum Gasteiger partial charge on any atom is -0.772 e. The lowest BCUT2D eigenvalue weighted by atomic mass is 10.1. The van der Waals surface area contributed by atoms with Crippen molar-refractivity contribution in [3.63, 3.8) is 0 Å². The normalized spacial score (nSPS) is 12.3. The molecule has 0 aliphatic rings. The average Bonchev–Trinajstić information content (AvgIpc) is 3.00. The summed E-state index contributed by atoms with van der Waals surface area (Å²) >= 11 is -2.17. The second kappa shape index (κ2) is 6.39. The molecule has 3 rings (SSSR count). The van der Waals surface area contributed by atoms with Gasteiger partial charge in [0.25, 0.3) is 0 Å². The molecule has 5 nitrogen and oxygen atoms in total. The number of nitrogens with zero attached hydrogens (tertiary/aromatic N) is 3. The summed E-state index contributed by atoms with van der Waals surface area (Å²) in [5, 5.41) is 0. The minimum absolute atomic E-state index is 0.125. The second-order valence-corrected chi connectivity index (χ2v) is 5.96. The summed E-state index contributed by atoms with van der Waals surface area (Å²) in [6, 6.07) is 8.40. The van der Waals surface area contributed by atoms with E-state index >= 15 is 0 Å². The van der Waals surface area contributed by atoms with Gasteiger partial charge in [-0.3, -0.25) is 13.8 Å². The van der Waals surface area contributed by atoms with Crippen LogP contribution in [0.3, 0.4) is 0 Å². The van der Waals surface area contributed by atoms with Crippen molar-refractivity contribution in [2.45, 2.75) is 12.7 Å². The van der Waals surface area contributed by atoms with Gasteiger partial charge in [-0.05, 0) is 41.8 Å². The van der Waals surface area contributed by atoms with Crippen molar-refractivity contribution in [2.75, 3.05) is 0 Å². The zero-order chi connectivity index (χ0) is 16.4. The molecule has 0 spiro atoms. The standard InChI is InChI=1S/C16H14FN3O2S/c1-11-2-3-12(6-15(11)17)16-8-18-10-20(16)14-5-4-13(19-7-14)9-23(21)22/h2-8,10H,9H2,1H3,(H,21,22)/p-1. The molecule has 0 N–H and O–H groups in total. The first-order valence-electron chi connectivity index (χ1n) is 6.84. The smallest absolute Gasteiger partial charge is 0.126 e. The maximum atomic E-state index is 13.8. The molecule has 2 heterocycles. The molecule has 0 aliphatic carbocycles. The van der Waals surface area contributed by atoms with E-state index in [1.807, 2.05) is 6.07 Å². The van der Waals surface area contributed by atoms with Crippen LogP contribution in [0.1, 0.15) is 11.3 Å². The third-order valence-electron chi connectivity index (χ3n) is 3.46. The molecule has 2 aromatic heterocycles. The Morgan fingerprint density at radius 3 is 2.74 bits per heavy atom. The van der Waals surface area contributed by atoms with Gasteiger partial charge in [-0.1, -0.05) is 12.1 Å². The van der Waals surface area contributed by atoms with Gasteiger partial charge in [-0.2, -0.15) is 0 Å². The minimum atomic E-state index is -2.17. The summed E-state index contributed by atoms with van der Waals surface area (Å²) in [6.07, 6.45) is 4.82. The summed E-state index contributed by atoms with van der Waals surface area (Å²) in [4.78, 5) is 8.24. The molecule has 23 heavy (non-hydrogen) atoms. The molecule has 118 valence electrons. The number of benzene rings is 1. The maximum Gasteiger partial charge on any atom is 0.126 e. The lowest BCUT2D eigenvalue weighted by Crippen LogP contribution is -2.00. The topological polar surface area (TPSA) is 70.8 Å². The van der Waals surface area contributed by atoms with Crippen molar-refractivity contribution in [2.24, 2.45) is 0 Å². The van der Waals surface area contributed by atoms with Crippen molar-refractivity contribution in [3.8, 4) is 16.9 Å². The maximum absolute atomic E-state index is 13.8. The molecule has 0 saturated heterocycles. The van der Waals surface area contributed by atoms with E-state index in [2.05, 4.69) is 9.97 Å². The highest BCUT2D eigenvalue weighted by Gasteiger charge is 2.09. The number of rotatable bonds is 4. The molecular weight excluding hydrogens is 317 g/mol. The first-order chi connectivity index (χ1) is 11.0. The van der Waals surface area contributed by atoms with E-state index in [4.69, 9.17) is 0 Å². The van der Waals surface area contributed by atoms with Crippen molar-refractivity contribution < 1.29 is 13.2 Å². The van der Waals surface area contributed by atoms with Crippen LogP contribution < -0.4 is 0 Å². The van der Waals surface area contributed by atoms with Gasteiger partial charge >= 0.3 is 0 Å². The number of halogens is 1. The summed E-state index contributed by atoms with van der Waals surface area (Å²) in [5.41, 5.74) is 3.20. The first-order valence-corrected chi connectivity index (χ1v) is 8.09. The summed E-state index contributed by atoms with van der Waals surface area (Å²) < 4.78 is 36.9. The average molecular weight is 330 g/mol. The van der Waals surface area contributed by atoms with Crippen LogP contribution in [0.15, 0.2) is 49.1 Å². The molecule has 3 aromatic rings. The van der Waals surface area contributed by atoms with Crippen LogP contribution in [-0.2, 0) is 16.8 Å². The van der Waals surface area contributed by atoms with Crippen LogP contribution in [0.4, 0.5) is 4.39 Å². The highest BCUT2D eigenvalue weighted by atomic mass is 32.2. The highest BCUT2D eigenvalue weighted by Crippen LogP contribution is 2.24.